The number of aliphatic hydroxyl groups excluding tert-OH is 3. The molecule has 0 saturated carbocycles. The second-order valence-electron chi connectivity index (χ2n) is 3.93. The van der Waals surface area contributed by atoms with Crippen LogP contribution in [0, 0.1) is 0 Å². The van der Waals surface area contributed by atoms with Crippen molar-refractivity contribution in [2.75, 3.05) is 19.8 Å². The molecule has 0 aromatic carbocycles. The quantitative estimate of drug-likeness (QED) is 0.544. The molecule has 0 radical (unpaired) electrons. The van der Waals surface area contributed by atoms with Crippen LogP contribution in [-0.2, 0) is 6.54 Å². The first-order chi connectivity index (χ1) is 8.23. The smallest absolute Gasteiger partial charge is 0.193 e. The number of nitrogens with zero attached hydrogens (tertiary/aromatic N) is 2. The molecule has 0 unspecified atom stereocenters. The zero-order valence-corrected chi connectivity index (χ0v) is 10.0. The molecule has 0 fully saturated rings. The van der Waals surface area contributed by atoms with Crippen molar-refractivity contribution < 1.29 is 15.3 Å². The molecule has 0 spiro atoms. The van der Waals surface area contributed by atoms with E-state index in [1.165, 1.54) is 11.3 Å². The highest BCUT2D eigenvalue weighted by atomic mass is 32.1. The zero-order chi connectivity index (χ0) is 12.3. The largest absolute Gasteiger partial charge is 0.394 e. The van der Waals surface area contributed by atoms with Gasteiger partial charge in [-0.1, -0.05) is 0 Å². The van der Waals surface area contributed by atoms with Crippen LogP contribution in [0.15, 0.2) is 17.8 Å². The van der Waals surface area contributed by atoms with E-state index < -0.39 is 5.54 Å². The first-order valence-corrected chi connectivity index (χ1v) is 6.10. The first kappa shape index (κ1) is 12.5. The molecule has 2 heterocycles. The second-order valence-corrected chi connectivity index (χ2v) is 4.81. The molecule has 0 bridgehead atoms. The highest BCUT2D eigenvalue weighted by Crippen LogP contribution is 2.12. The molecule has 0 atom stereocenters. The Balaban J connectivity index is 2.04. The number of aromatic nitrogens is 2. The molecule has 2 aromatic heterocycles. The van der Waals surface area contributed by atoms with Crippen molar-refractivity contribution >= 4 is 16.3 Å². The maximum atomic E-state index is 9.15. The number of thiazole rings is 1. The van der Waals surface area contributed by atoms with Gasteiger partial charge in [-0.2, -0.15) is 0 Å². The van der Waals surface area contributed by atoms with Crippen LogP contribution in [-0.4, -0.2) is 50.1 Å². The van der Waals surface area contributed by atoms with Crippen LogP contribution in [0.5, 0.6) is 0 Å². The van der Waals surface area contributed by atoms with E-state index in [4.69, 9.17) is 15.3 Å². The molecule has 0 amide bonds. The molecular formula is C10H15N3O3S. The summed E-state index contributed by atoms with van der Waals surface area (Å²) in [6, 6.07) is 0. The predicted octanol–water partition coefficient (Wildman–Crippen LogP) is -0.799. The summed E-state index contributed by atoms with van der Waals surface area (Å²) in [6.07, 6.45) is 3.78. The van der Waals surface area contributed by atoms with Gasteiger partial charge in [0.2, 0.25) is 0 Å². The summed E-state index contributed by atoms with van der Waals surface area (Å²) in [5, 5.41) is 32.3. The van der Waals surface area contributed by atoms with Crippen LogP contribution in [0.1, 0.15) is 5.69 Å². The Kier molecular flexibility index (Phi) is 3.75. The molecule has 17 heavy (non-hydrogen) atoms. The first-order valence-electron chi connectivity index (χ1n) is 5.22. The standard InChI is InChI=1S/C10H15N3O3S/c14-5-10(6-15,7-16)11-3-8-4-13-1-2-17-9(13)12-8/h1-2,4,11,14-16H,3,5-7H2. The third kappa shape index (κ3) is 2.48. The van der Waals surface area contributed by atoms with Crippen molar-refractivity contribution in [1.29, 1.82) is 0 Å². The fourth-order valence-electron chi connectivity index (χ4n) is 1.46. The topological polar surface area (TPSA) is 90.0 Å². The molecule has 0 saturated heterocycles. The maximum absolute atomic E-state index is 9.15. The van der Waals surface area contributed by atoms with Crippen LogP contribution in [0.4, 0.5) is 0 Å². The number of hydrogen-bond donors (Lipinski definition) is 4. The van der Waals surface area contributed by atoms with Crippen molar-refractivity contribution in [3.63, 3.8) is 0 Å². The summed E-state index contributed by atoms with van der Waals surface area (Å²) in [5.41, 5.74) is -0.256. The predicted molar refractivity (Wildman–Crippen MR) is 63.9 cm³/mol. The second kappa shape index (κ2) is 5.11. The lowest BCUT2D eigenvalue weighted by Gasteiger charge is -2.28. The van der Waals surface area contributed by atoms with Gasteiger partial charge in [0.25, 0.3) is 0 Å². The van der Waals surface area contributed by atoms with Gasteiger partial charge in [-0.25, -0.2) is 4.98 Å². The molecular weight excluding hydrogens is 242 g/mol. The highest BCUT2D eigenvalue weighted by molar-refractivity contribution is 7.15. The van der Waals surface area contributed by atoms with Gasteiger partial charge in [-0.05, 0) is 0 Å². The molecule has 4 N–H and O–H groups in total. The minimum absolute atomic E-state index is 0.331. The Bertz CT molecular complexity index is 441. The van der Waals surface area contributed by atoms with E-state index in [0.29, 0.717) is 6.54 Å². The SMILES string of the molecule is OCC(CO)(CO)NCc1cn2ccsc2n1. The minimum atomic E-state index is -1.06. The summed E-state index contributed by atoms with van der Waals surface area (Å²) in [7, 11) is 0. The summed E-state index contributed by atoms with van der Waals surface area (Å²) < 4.78 is 1.90. The summed E-state index contributed by atoms with van der Waals surface area (Å²) in [6.45, 7) is -0.608. The summed E-state index contributed by atoms with van der Waals surface area (Å²) in [5.74, 6) is 0. The van der Waals surface area contributed by atoms with Crippen molar-refractivity contribution in [3.8, 4) is 0 Å². The Labute approximate surface area is 102 Å². The van der Waals surface area contributed by atoms with Gasteiger partial charge in [-0.3, -0.25) is 9.72 Å². The Morgan fingerprint density at radius 3 is 2.59 bits per heavy atom. The van der Waals surface area contributed by atoms with Crippen LogP contribution in [0.3, 0.4) is 0 Å². The van der Waals surface area contributed by atoms with E-state index >= 15 is 0 Å². The fourth-order valence-corrected chi connectivity index (χ4v) is 2.18. The molecule has 2 aromatic rings. The number of hydrogen-bond acceptors (Lipinski definition) is 6. The Morgan fingerprint density at radius 2 is 2.00 bits per heavy atom. The number of aliphatic hydroxyl groups is 3. The number of imidazole rings is 1. The van der Waals surface area contributed by atoms with E-state index in [1.54, 1.807) is 0 Å². The molecule has 2 rings (SSSR count). The number of rotatable bonds is 6. The zero-order valence-electron chi connectivity index (χ0n) is 9.20. The van der Waals surface area contributed by atoms with Crippen molar-refractivity contribution in [1.82, 2.24) is 14.7 Å². The fraction of sp³-hybridized carbons (Fsp3) is 0.500. The lowest BCUT2D eigenvalue weighted by molar-refractivity contribution is 0.0412. The van der Waals surface area contributed by atoms with Crippen molar-refractivity contribution in [2.45, 2.75) is 12.1 Å². The van der Waals surface area contributed by atoms with Crippen LogP contribution < -0.4 is 5.32 Å². The third-order valence-electron chi connectivity index (χ3n) is 2.70. The van der Waals surface area contributed by atoms with E-state index in [9.17, 15) is 0 Å². The van der Waals surface area contributed by atoms with Gasteiger partial charge in [0, 0.05) is 24.3 Å². The summed E-state index contributed by atoms with van der Waals surface area (Å²) in [4.78, 5) is 5.25. The molecule has 0 aliphatic rings. The molecule has 7 heteroatoms. The molecule has 0 aliphatic heterocycles. The van der Waals surface area contributed by atoms with E-state index in [1.807, 2.05) is 22.2 Å². The highest BCUT2D eigenvalue weighted by Gasteiger charge is 2.27. The Hall–Kier alpha value is -0.990. The Morgan fingerprint density at radius 1 is 1.29 bits per heavy atom. The van der Waals surface area contributed by atoms with Crippen molar-refractivity contribution in [2.24, 2.45) is 0 Å². The van der Waals surface area contributed by atoms with Gasteiger partial charge < -0.3 is 15.3 Å². The number of fused-ring (bicyclic) bond motifs is 1. The average molecular weight is 257 g/mol. The van der Waals surface area contributed by atoms with Gasteiger partial charge in [0.15, 0.2) is 4.96 Å². The maximum Gasteiger partial charge on any atom is 0.193 e. The van der Waals surface area contributed by atoms with E-state index in [0.717, 1.165) is 10.7 Å². The van der Waals surface area contributed by atoms with Crippen LogP contribution >= 0.6 is 11.3 Å². The molecule has 94 valence electrons. The average Bonchev–Trinajstić information content (AvgIpc) is 2.92. The van der Waals surface area contributed by atoms with Crippen LogP contribution in [0.2, 0.25) is 0 Å². The van der Waals surface area contributed by atoms with Gasteiger partial charge in [0.05, 0.1) is 31.1 Å². The minimum Gasteiger partial charge on any atom is -0.394 e. The third-order valence-corrected chi connectivity index (χ3v) is 3.47. The van der Waals surface area contributed by atoms with Gasteiger partial charge >= 0.3 is 0 Å². The van der Waals surface area contributed by atoms with Crippen LogP contribution in [0.25, 0.3) is 4.96 Å². The van der Waals surface area contributed by atoms with Crippen molar-refractivity contribution in [3.05, 3.63) is 23.5 Å². The molecule has 6 nitrogen and oxygen atoms in total. The van der Waals surface area contributed by atoms with E-state index in [2.05, 4.69) is 10.3 Å². The van der Waals surface area contributed by atoms with Gasteiger partial charge in [0.1, 0.15) is 0 Å². The molecule has 0 aliphatic carbocycles. The lowest BCUT2D eigenvalue weighted by Crippen LogP contribution is -2.54. The number of nitrogens with one attached hydrogen (secondary N) is 1. The van der Waals surface area contributed by atoms with E-state index in [-0.39, 0.29) is 19.8 Å². The monoisotopic (exact) mass is 257 g/mol. The summed E-state index contributed by atoms with van der Waals surface area (Å²) >= 11 is 1.53. The lowest BCUT2D eigenvalue weighted by atomic mass is 10.0. The van der Waals surface area contributed by atoms with Gasteiger partial charge in [-0.15, -0.1) is 11.3 Å². The normalized spacial score (nSPS) is 12.4.